The molecular weight excluding hydrogens is 528 g/mol. The van der Waals surface area contributed by atoms with Crippen molar-refractivity contribution in [2.75, 3.05) is 28.1 Å². The summed E-state index contributed by atoms with van der Waals surface area (Å²) in [4.78, 5) is 13.9. The molecule has 41 heavy (non-hydrogen) atoms. The van der Waals surface area contributed by atoms with Crippen LogP contribution in [0.15, 0.2) is 24.3 Å². The van der Waals surface area contributed by atoms with E-state index < -0.39 is 23.9 Å². The Labute approximate surface area is 240 Å². The van der Waals surface area contributed by atoms with Gasteiger partial charge in [-0.05, 0) is 71.6 Å². The summed E-state index contributed by atoms with van der Waals surface area (Å²) in [6.07, 6.45) is 2.13. The maximum Gasteiger partial charge on any atom is 0.315 e. The van der Waals surface area contributed by atoms with Crippen molar-refractivity contribution >= 4 is 5.97 Å². The Bertz CT molecular complexity index is 1350. The molecule has 4 aliphatic heterocycles. The summed E-state index contributed by atoms with van der Waals surface area (Å²) in [6, 6.07) is 7.65. The molecule has 2 saturated heterocycles. The fraction of sp³-hybridized carbons (Fsp3) is 0.594. The second-order valence-corrected chi connectivity index (χ2v) is 12.3. The van der Waals surface area contributed by atoms with Gasteiger partial charge in [0.2, 0.25) is 18.8 Å². The summed E-state index contributed by atoms with van der Waals surface area (Å²) < 4.78 is 48.4. The van der Waals surface area contributed by atoms with E-state index in [0.717, 1.165) is 24.0 Å². The van der Waals surface area contributed by atoms with E-state index in [1.54, 1.807) is 21.3 Å². The van der Waals surface area contributed by atoms with E-state index in [0.29, 0.717) is 52.1 Å². The predicted octanol–water partition coefficient (Wildman–Crippen LogP) is 5.36. The second-order valence-electron chi connectivity index (χ2n) is 12.3. The minimum Gasteiger partial charge on any atom is -0.493 e. The Hall–Kier alpha value is -3.17. The highest BCUT2D eigenvalue weighted by Crippen LogP contribution is 2.69. The highest BCUT2D eigenvalue weighted by atomic mass is 16.7. The maximum absolute atomic E-state index is 13.9. The first kappa shape index (κ1) is 26.7. The summed E-state index contributed by atoms with van der Waals surface area (Å²) in [5, 5.41) is 0. The van der Waals surface area contributed by atoms with Crippen molar-refractivity contribution < 1.29 is 42.7 Å². The van der Waals surface area contributed by atoms with Crippen LogP contribution in [0.2, 0.25) is 0 Å². The van der Waals surface area contributed by atoms with Gasteiger partial charge in [-0.25, -0.2) is 0 Å². The van der Waals surface area contributed by atoms with Crippen molar-refractivity contribution in [1.82, 2.24) is 0 Å². The SMILES string of the molecule is COc1cc([C@@]23O[C@@H](c4cc5c(cc42)OCO5)[C@@H]2[C@H](O[C@@H]4C[C@H](C)CC[C@H]4C(C)C)OC(=O)[C@@H]23)cc(OC)c1OC. The molecule has 2 aromatic rings. The summed E-state index contributed by atoms with van der Waals surface area (Å²) in [5.74, 6) is 2.86. The lowest BCUT2D eigenvalue weighted by atomic mass is 9.66. The molecular formula is C32H38O9. The number of carbonyl (C=O) groups is 1. The zero-order valence-corrected chi connectivity index (χ0v) is 24.4. The molecule has 220 valence electrons. The van der Waals surface area contributed by atoms with Gasteiger partial charge in [0.05, 0.1) is 39.5 Å². The van der Waals surface area contributed by atoms with E-state index in [4.69, 9.17) is 37.9 Å². The molecule has 1 saturated carbocycles. The van der Waals surface area contributed by atoms with Gasteiger partial charge in [-0.15, -0.1) is 0 Å². The van der Waals surface area contributed by atoms with Crippen molar-refractivity contribution in [3.05, 3.63) is 41.0 Å². The van der Waals surface area contributed by atoms with Gasteiger partial charge in [0.1, 0.15) is 11.5 Å². The Morgan fingerprint density at radius 1 is 0.951 bits per heavy atom. The van der Waals surface area contributed by atoms with Crippen molar-refractivity contribution in [1.29, 1.82) is 0 Å². The number of fused-ring (bicyclic) bond motifs is 9. The molecule has 2 bridgehead atoms. The van der Waals surface area contributed by atoms with Gasteiger partial charge in [-0.1, -0.05) is 27.2 Å². The molecule has 9 heteroatoms. The monoisotopic (exact) mass is 566 g/mol. The van der Waals surface area contributed by atoms with Crippen LogP contribution in [0.5, 0.6) is 28.7 Å². The quantitative estimate of drug-likeness (QED) is 0.411. The molecule has 0 radical (unpaired) electrons. The third-order valence-electron chi connectivity index (χ3n) is 9.90. The molecule has 0 N–H and O–H groups in total. The lowest BCUT2D eigenvalue weighted by Crippen LogP contribution is -2.41. The number of benzene rings is 2. The van der Waals surface area contributed by atoms with Gasteiger partial charge in [0, 0.05) is 0 Å². The van der Waals surface area contributed by atoms with Gasteiger partial charge in [0.25, 0.3) is 0 Å². The zero-order chi connectivity index (χ0) is 28.6. The number of hydrogen-bond donors (Lipinski definition) is 0. The lowest BCUT2D eigenvalue weighted by molar-refractivity contribution is -0.205. The van der Waals surface area contributed by atoms with Crippen LogP contribution in [0.3, 0.4) is 0 Å². The van der Waals surface area contributed by atoms with Crippen molar-refractivity contribution in [2.45, 2.75) is 64.1 Å². The molecule has 0 unspecified atom stereocenters. The van der Waals surface area contributed by atoms with Crippen LogP contribution in [0.1, 0.15) is 62.8 Å². The average Bonchev–Trinajstić information content (AvgIpc) is 3.72. The van der Waals surface area contributed by atoms with Crippen LogP contribution in [0.25, 0.3) is 0 Å². The van der Waals surface area contributed by atoms with Crippen molar-refractivity contribution in [2.24, 2.45) is 29.6 Å². The number of hydrogen-bond acceptors (Lipinski definition) is 9. The van der Waals surface area contributed by atoms with E-state index in [9.17, 15) is 4.79 Å². The maximum atomic E-state index is 13.9. The molecule has 7 rings (SSSR count). The molecule has 5 aliphatic rings. The van der Waals surface area contributed by atoms with E-state index in [2.05, 4.69) is 20.8 Å². The fourth-order valence-corrected chi connectivity index (χ4v) is 7.96. The van der Waals surface area contributed by atoms with Gasteiger partial charge < -0.3 is 37.9 Å². The third-order valence-corrected chi connectivity index (χ3v) is 9.90. The van der Waals surface area contributed by atoms with E-state index >= 15 is 0 Å². The summed E-state index contributed by atoms with van der Waals surface area (Å²) in [7, 11) is 4.71. The first-order valence-corrected chi connectivity index (χ1v) is 14.6. The van der Waals surface area contributed by atoms with Gasteiger partial charge >= 0.3 is 5.97 Å². The molecule has 3 fully saturated rings. The van der Waals surface area contributed by atoms with Crippen LogP contribution >= 0.6 is 0 Å². The van der Waals surface area contributed by atoms with E-state index in [1.165, 1.54) is 6.42 Å². The Kier molecular flexibility index (Phi) is 6.32. The van der Waals surface area contributed by atoms with Gasteiger partial charge in [-0.2, -0.15) is 0 Å². The van der Waals surface area contributed by atoms with Crippen LogP contribution in [0.4, 0.5) is 0 Å². The molecule has 8 atom stereocenters. The normalized spacial score (nSPS) is 34.4. The standard InChI is InChI=1S/C32H38O9/c1-15(2)18-8-7-16(3)9-21(18)39-31-26-27(30(33)40-31)32(17-10-24(34-4)29(36-6)25(11-17)35-5)20-13-23-22(37-14-38-23)12-19(20)28(26)41-32/h10-13,15-16,18,21,26-28,31H,7-9,14H2,1-6H3/t16-,18+,21-,26-,27-,28+,31-,32-/m1/s1. The van der Waals surface area contributed by atoms with Crippen LogP contribution in [-0.2, 0) is 24.6 Å². The number of esters is 1. The zero-order valence-electron chi connectivity index (χ0n) is 24.4. The topological polar surface area (TPSA) is 90.9 Å². The Morgan fingerprint density at radius 2 is 1.66 bits per heavy atom. The van der Waals surface area contributed by atoms with Gasteiger partial charge in [-0.3, -0.25) is 4.79 Å². The largest absolute Gasteiger partial charge is 0.493 e. The Balaban J connectivity index is 1.36. The molecule has 2 aromatic carbocycles. The average molecular weight is 567 g/mol. The van der Waals surface area contributed by atoms with Crippen LogP contribution < -0.4 is 23.7 Å². The first-order chi connectivity index (χ1) is 19.8. The summed E-state index contributed by atoms with van der Waals surface area (Å²) in [5.41, 5.74) is 1.36. The minimum absolute atomic E-state index is 0.0165. The third kappa shape index (κ3) is 3.77. The van der Waals surface area contributed by atoms with Crippen LogP contribution in [-0.4, -0.2) is 46.5 Å². The van der Waals surface area contributed by atoms with Crippen molar-refractivity contribution in [3.63, 3.8) is 0 Å². The van der Waals surface area contributed by atoms with E-state index in [-0.39, 0.29) is 24.8 Å². The van der Waals surface area contributed by atoms with E-state index in [1.807, 2.05) is 24.3 Å². The number of carbonyl (C=O) groups excluding carboxylic acids is 1. The highest BCUT2D eigenvalue weighted by Gasteiger charge is 2.72. The van der Waals surface area contributed by atoms with Crippen LogP contribution in [0, 0.1) is 29.6 Å². The number of methoxy groups -OCH3 is 3. The summed E-state index contributed by atoms with van der Waals surface area (Å²) in [6.45, 7) is 6.92. The molecule has 1 aliphatic carbocycles. The summed E-state index contributed by atoms with van der Waals surface area (Å²) >= 11 is 0. The number of ether oxygens (including phenoxy) is 8. The molecule has 0 spiro atoms. The fourth-order valence-electron chi connectivity index (χ4n) is 7.96. The molecule has 0 aromatic heterocycles. The second kappa shape index (κ2) is 9.70. The number of cyclic esters (lactones) is 1. The first-order valence-electron chi connectivity index (χ1n) is 14.6. The molecule has 0 amide bonds. The van der Waals surface area contributed by atoms with Crippen molar-refractivity contribution in [3.8, 4) is 28.7 Å². The van der Waals surface area contributed by atoms with Gasteiger partial charge in [0.15, 0.2) is 23.0 Å². The minimum atomic E-state index is -1.16. The number of rotatable bonds is 7. The predicted molar refractivity (Wildman–Crippen MR) is 146 cm³/mol. The molecule has 4 heterocycles. The highest BCUT2D eigenvalue weighted by molar-refractivity contribution is 5.81. The smallest absolute Gasteiger partial charge is 0.315 e. The Morgan fingerprint density at radius 3 is 2.32 bits per heavy atom. The molecule has 9 nitrogen and oxygen atoms in total. The lowest BCUT2D eigenvalue weighted by Gasteiger charge is -2.39.